The van der Waals surface area contributed by atoms with Crippen LogP contribution in [-0.4, -0.2) is 4.98 Å². The van der Waals surface area contributed by atoms with E-state index >= 15 is 0 Å². The fraction of sp³-hybridized carbons (Fsp3) is 0. The summed E-state index contributed by atoms with van der Waals surface area (Å²) < 4.78 is 12.3. The van der Waals surface area contributed by atoms with Crippen LogP contribution < -0.4 is 4.90 Å². The van der Waals surface area contributed by atoms with Crippen molar-refractivity contribution in [2.45, 2.75) is 0 Å². The smallest absolute Gasteiger partial charge is 0.227 e. The molecule has 10 aromatic rings. The number of pyridine rings is 1. The molecule has 4 nitrogen and oxygen atoms in total. The summed E-state index contributed by atoms with van der Waals surface area (Å²) >= 11 is 0. The van der Waals surface area contributed by atoms with Gasteiger partial charge in [-0.15, -0.1) is 0 Å². The van der Waals surface area contributed by atoms with Gasteiger partial charge in [0.15, 0.2) is 0 Å². The van der Waals surface area contributed by atoms with Crippen LogP contribution in [0.4, 0.5) is 17.1 Å². The Kier molecular flexibility index (Phi) is 6.15. The van der Waals surface area contributed by atoms with Gasteiger partial charge in [-0.1, -0.05) is 91.0 Å². The molecule has 0 spiro atoms. The van der Waals surface area contributed by atoms with E-state index in [0.29, 0.717) is 5.71 Å². The maximum Gasteiger partial charge on any atom is 0.227 e. The molecule has 4 heteroatoms. The van der Waals surface area contributed by atoms with Gasteiger partial charge in [-0.3, -0.25) is 0 Å². The molecule has 0 aliphatic rings. The highest BCUT2D eigenvalue weighted by molar-refractivity contribution is 6.18. The maximum atomic E-state index is 6.19. The lowest BCUT2D eigenvalue weighted by molar-refractivity contribution is 0.654. The lowest BCUT2D eigenvalue weighted by Crippen LogP contribution is -2.10. The van der Waals surface area contributed by atoms with E-state index in [0.717, 1.165) is 71.9 Å². The molecule has 0 saturated heterocycles. The second-order valence-corrected chi connectivity index (χ2v) is 12.4. The molecular formula is C45H28N2O2. The van der Waals surface area contributed by atoms with Gasteiger partial charge in [-0.05, 0) is 106 Å². The molecule has 0 radical (unpaired) electrons. The molecule has 0 atom stereocenters. The van der Waals surface area contributed by atoms with Crippen LogP contribution in [-0.2, 0) is 0 Å². The van der Waals surface area contributed by atoms with E-state index in [1.165, 1.54) is 16.5 Å². The number of para-hydroxylation sites is 1. The fourth-order valence-electron chi connectivity index (χ4n) is 7.17. The van der Waals surface area contributed by atoms with Crippen LogP contribution in [0.5, 0.6) is 0 Å². The number of aromatic nitrogens is 1. The number of hydrogen-bond acceptors (Lipinski definition) is 4. The molecule has 0 amide bonds. The van der Waals surface area contributed by atoms with E-state index in [-0.39, 0.29) is 0 Å². The van der Waals surface area contributed by atoms with Crippen LogP contribution >= 0.6 is 0 Å². The van der Waals surface area contributed by atoms with Gasteiger partial charge in [0.05, 0.1) is 0 Å². The zero-order chi connectivity index (χ0) is 32.3. The monoisotopic (exact) mass is 628 g/mol. The topological polar surface area (TPSA) is 42.4 Å². The highest BCUT2D eigenvalue weighted by Gasteiger charge is 2.17. The molecule has 0 unspecified atom stereocenters. The Labute approximate surface area is 282 Å². The van der Waals surface area contributed by atoms with E-state index in [1.807, 2.05) is 24.3 Å². The average molecular weight is 629 g/mol. The first-order chi connectivity index (χ1) is 24.3. The van der Waals surface area contributed by atoms with Crippen LogP contribution in [0.3, 0.4) is 0 Å². The van der Waals surface area contributed by atoms with Gasteiger partial charge in [0, 0.05) is 44.8 Å². The highest BCUT2D eigenvalue weighted by atomic mass is 16.3. The SMILES string of the molecule is c1ccc(-c2cccc(N(c3ccc(-c4ccc5ccc6oc7ncccc7c6c5c4)cc3)c3ccc4oc5ccccc5c4c3)c2)cc1. The minimum absolute atomic E-state index is 0.665. The molecule has 0 aliphatic heterocycles. The Morgan fingerprint density at radius 1 is 0.388 bits per heavy atom. The van der Waals surface area contributed by atoms with Gasteiger partial charge in [0.2, 0.25) is 5.71 Å². The van der Waals surface area contributed by atoms with Gasteiger partial charge in [0.25, 0.3) is 0 Å². The second kappa shape index (κ2) is 11.0. The van der Waals surface area contributed by atoms with Crippen molar-refractivity contribution >= 4 is 71.8 Å². The molecule has 0 aliphatic carbocycles. The number of hydrogen-bond donors (Lipinski definition) is 0. The number of rotatable bonds is 5. The number of nitrogens with zero attached hydrogens (tertiary/aromatic N) is 2. The highest BCUT2D eigenvalue weighted by Crippen LogP contribution is 2.41. The zero-order valence-corrected chi connectivity index (χ0v) is 26.4. The third kappa shape index (κ3) is 4.57. The molecule has 3 aromatic heterocycles. The van der Waals surface area contributed by atoms with Crippen LogP contribution in [0, 0.1) is 0 Å². The van der Waals surface area contributed by atoms with Crippen LogP contribution in [0.15, 0.2) is 179 Å². The molecule has 10 rings (SSSR count). The molecule has 3 heterocycles. The molecule has 0 fully saturated rings. The molecule has 0 saturated carbocycles. The van der Waals surface area contributed by atoms with E-state index in [1.54, 1.807) is 6.20 Å². The predicted molar refractivity (Wildman–Crippen MR) is 202 cm³/mol. The normalized spacial score (nSPS) is 11.7. The quantitative estimate of drug-likeness (QED) is 0.190. The van der Waals surface area contributed by atoms with Crippen molar-refractivity contribution < 1.29 is 8.83 Å². The first-order valence-corrected chi connectivity index (χ1v) is 16.4. The standard InChI is InChI=1S/C45H28N2O2/c1-2-8-29(9-3-1)32-10-6-11-35(26-32)47(36-22-24-42-40(28-36)37-12-4-5-14-41(37)48-42)34-20-17-30(18-21-34)33-16-15-31-19-23-43-44(39(31)27-33)38-13-7-25-46-45(38)49-43/h1-28H. The van der Waals surface area contributed by atoms with Crippen molar-refractivity contribution in [2.24, 2.45) is 0 Å². The maximum absolute atomic E-state index is 6.19. The summed E-state index contributed by atoms with van der Waals surface area (Å²) in [6, 6.07) is 57.7. The predicted octanol–water partition coefficient (Wildman–Crippen LogP) is 12.8. The summed E-state index contributed by atoms with van der Waals surface area (Å²) in [6.07, 6.45) is 1.77. The Balaban J connectivity index is 1.11. The third-order valence-electron chi connectivity index (χ3n) is 9.52. The first-order valence-electron chi connectivity index (χ1n) is 16.4. The minimum Gasteiger partial charge on any atom is -0.456 e. The van der Waals surface area contributed by atoms with E-state index < -0.39 is 0 Å². The summed E-state index contributed by atoms with van der Waals surface area (Å²) in [4.78, 5) is 6.78. The van der Waals surface area contributed by atoms with Crippen molar-refractivity contribution in [1.82, 2.24) is 4.98 Å². The van der Waals surface area contributed by atoms with Crippen molar-refractivity contribution in [1.29, 1.82) is 0 Å². The van der Waals surface area contributed by atoms with Gasteiger partial charge in [-0.25, -0.2) is 4.98 Å². The van der Waals surface area contributed by atoms with Crippen molar-refractivity contribution in [2.75, 3.05) is 4.90 Å². The van der Waals surface area contributed by atoms with E-state index in [2.05, 4.69) is 149 Å². The molecule has 49 heavy (non-hydrogen) atoms. The Bertz CT molecular complexity index is 2830. The number of fused-ring (bicyclic) bond motifs is 8. The lowest BCUT2D eigenvalue weighted by atomic mass is 9.98. The largest absolute Gasteiger partial charge is 0.456 e. The molecule has 7 aromatic carbocycles. The van der Waals surface area contributed by atoms with Gasteiger partial charge >= 0.3 is 0 Å². The van der Waals surface area contributed by atoms with Crippen molar-refractivity contribution in [3.05, 3.63) is 170 Å². The Morgan fingerprint density at radius 3 is 1.98 bits per heavy atom. The second-order valence-electron chi connectivity index (χ2n) is 12.4. The lowest BCUT2D eigenvalue weighted by Gasteiger charge is -2.26. The molecular weight excluding hydrogens is 601 g/mol. The number of benzene rings is 7. The average Bonchev–Trinajstić information content (AvgIpc) is 3.74. The molecule has 0 N–H and O–H groups in total. The van der Waals surface area contributed by atoms with E-state index in [9.17, 15) is 0 Å². The first kappa shape index (κ1) is 27.5. The Morgan fingerprint density at radius 2 is 1.06 bits per heavy atom. The Hall–Kier alpha value is -6.65. The summed E-state index contributed by atoms with van der Waals surface area (Å²) in [7, 11) is 0. The van der Waals surface area contributed by atoms with Crippen LogP contribution in [0.25, 0.3) is 77.0 Å². The zero-order valence-electron chi connectivity index (χ0n) is 26.4. The summed E-state index contributed by atoms with van der Waals surface area (Å²) in [5.41, 5.74) is 11.1. The molecule has 230 valence electrons. The third-order valence-corrected chi connectivity index (χ3v) is 9.52. The summed E-state index contributed by atoms with van der Waals surface area (Å²) in [5.74, 6) is 0. The van der Waals surface area contributed by atoms with Gasteiger partial charge < -0.3 is 13.7 Å². The van der Waals surface area contributed by atoms with Crippen molar-refractivity contribution in [3.8, 4) is 22.3 Å². The fourth-order valence-corrected chi connectivity index (χ4v) is 7.17. The van der Waals surface area contributed by atoms with Crippen molar-refractivity contribution in [3.63, 3.8) is 0 Å². The van der Waals surface area contributed by atoms with Crippen LogP contribution in [0.1, 0.15) is 0 Å². The summed E-state index contributed by atoms with van der Waals surface area (Å²) in [5, 5.41) is 6.67. The van der Waals surface area contributed by atoms with Gasteiger partial charge in [0.1, 0.15) is 16.7 Å². The minimum atomic E-state index is 0.665. The van der Waals surface area contributed by atoms with E-state index in [4.69, 9.17) is 8.83 Å². The number of furan rings is 2. The van der Waals surface area contributed by atoms with Crippen LogP contribution in [0.2, 0.25) is 0 Å². The number of anilines is 3. The molecule has 0 bridgehead atoms. The van der Waals surface area contributed by atoms with Gasteiger partial charge in [-0.2, -0.15) is 0 Å². The summed E-state index contributed by atoms with van der Waals surface area (Å²) in [6.45, 7) is 0.